The van der Waals surface area contributed by atoms with Crippen molar-refractivity contribution in [2.75, 3.05) is 0 Å². The third-order valence-corrected chi connectivity index (χ3v) is 3.45. The zero-order valence-electron chi connectivity index (χ0n) is 10.5. The van der Waals surface area contributed by atoms with Gasteiger partial charge >= 0.3 is 0 Å². The molecule has 0 aromatic heterocycles. The van der Waals surface area contributed by atoms with Crippen LogP contribution in [0.5, 0.6) is 0 Å². The third kappa shape index (κ3) is 3.20. The largest absolute Gasteiger partial charge is 0.389 e. The van der Waals surface area contributed by atoms with Gasteiger partial charge in [0.2, 0.25) is 0 Å². The molecular formula is C14H24O. The molecule has 0 bridgehead atoms. The Morgan fingerprint density at radius 1 is 1.47 bits per heavy atom. The van der Waals surface area contributed by atoms with Gasteiger partial charge in [0.1, 0.15) is 0 Å². The summed E-state index contributed by atoms with van der Waals surface area (Å²) in [5.74, 6) is 0. The van der Waals surface area contributed by atoms with E-state index in [1.807, 2.05) is 13.0 Å². The van der Waals surface area contributed by atoms with Crippen molar-refractivity contribution in [1.82, 2.24) is 0 Å². The Kier molecular flexibility index (Phi) is 4.15. The van der Waals surface area contributed by atoms with Crippen LogP contribution in [-0.4, -0.2) is 11.2 Å². The summed E-state index contributed by atoms with van der Waals surface area (Å²) >= 11 is 0. The van der Waals surface area contributed by atoms with Crippen LogP contribution >= 0.6 is 0 Å². The quantitative estimate of drug-likeness (QED) is 0.747. The molecular weight excluding hydrogens is 184 g/mol. The molecule has 0 unspecified atom stereocenters. The molecule has 1 heteroatoms. The summed E-state index contributed by atoms with van der Waals surface area (Å²) in [4.78, 5) is 0. The van der Waals surface area contributed by atoms with Crippen LogP contribution in [0.3, 0.4) is 0 Å². The Balaban J connectivity index is 2.85. The van der Waals surface area contributed by atoms with Crippen LogP contribution in [0.15, 0.2) is 23.3 Å². The number of hydrogen-bond acceptors (Lipinski definition) is 1. The van der Waals surface area contributed by atoms with E-state index in [1.54, 1.807) is 0 Å². The first-order valence-corrected chi connectivity index (χ1v) is 6.04. The monoisotopic (exact) mass is 208 g/mol. The van der Waals surface area contributed by atoms with E-state index in [0.29, 0.717) is 0 Å². The highest BCUT2D eigenvalue weighted by Gasteiger charge is 2.26. The molecule has 86 valence electrons. The normalized spacial score (nSPS) is 23.5. The van der Waals surface area contributed by atoms with E-state index >= 15 is 0 Å². The van der Waals surface area contributed by atoms with Gasteiger partial charge in [-0.15, -0.1) is 0 Å². The van der Waals surface area contributed by atoms with Crippen LogP contribution in [-0.2, 0) is 0 Å². The van der Waals surface area contributed by atoms with Crippen molar-refractivity contribution in [3.8, 4) is 0 Å². The Morgan fingerprint density at radius 3 is 2.67 bits per heavy atom. The molecule has 0 saturated carbocycles. The average molecular weight is 208 g/mol. The molecule has 0 fully saturated rings. The first kappa shape index (κ1) is 12.5. The van der Waals surface area contributed by atoms with Crippen molar-refractivity contribution in [3.63, 3.8) is 0 Å². The maximum Gasteiger partial charge on any atom is 0.0721 e. The van der Waals surface area contributed by atoms with Crippen LogP contribution in [0, 0.1) is 5.41 Å². The summed E-state index contributed by atoms with van der Waals surface area (Å²) in [5.41, 5.74) is 3.21. The van der Waals surface area contributed by atoms with Crippen LogP contribution < -0.4 is 0 Å². The summed E-state index contributed by atoms with van der Waals surface area (Å²) in [6, 6.07) is 0. The van der Waals surface area contributed by atoms with Crippen molar-refractivity contribution < 1.29 is 5.11 Å². The second kappa shape index (κ2) is 4.98. The fraction of sp³-hybridized carbons (Fsp3) is 0.714. The smallest absolute Gasteiger partial charge is 0.0721 e. The summed E-state index contributed by atoms with van der Waals surface area (Å²) in [6.07, 6.45) is 8.35. The minimum atomic E-state index is -0.289. The lowest BCUT2D eigenvalue weighted by atomic mass is 9.72. The molecule has 0 saturated heterocycles. The standard InChI is InChI=1S/C14H24O/c1-5-12(15)8-9-13-11(2)7-6-10-14(13,3)4/h8-9,12,15H,5-7,10H2,1-4H3/b9-8-/t12-/m1/s1. The van der Waals surface area contributed by atoms with Crippen molar-refractivity contribution in [3.05, 3.63) is 23.3 Å². The molecule has 0 amide bonds. The zero-order chi connectivity index (χ0) is 11.5. The van der Waals surface area contributed by atoms with E-state index in [-0.39, 0.29) is 11.5 Å². The van der Waals surface area contributed by atoms with E-state index < -0.39 is 0 Å². The number of rotatable bonds is 3. The topological polar surface area (TPSA) is 20.2 Å². The Morgan fingerprint density at radius 2 is 2.13 bits per heavy atom. The lowest BCUT2D eigenvalue weighted by molar-refractivity contribution is 0.218. The molecule has 0 aromatic rings. The van der Waals surface area contributed by atoms with Crippen LogP contribution in [0.2, 0.25) is 0 Å². The first-order valence-electron chi connectivity index (χ1n) is 6.04. The van der Waals surface area contributed by atoms with Gasteiger partial charge in [-0.25, -0.2) is 0 Å². The number of hydrogen-bond donors (Lipinski definition) is 1. The Labute approximate surface area is 93.9 Å². The molecule has 1 atom stereocenters. The minimum Gasteiger partial charge on any atom is -0.389 e. The highest BCUT2D eigenvalue weighted by atomic mass is 16.3. The predicted octanol–water partition coefficient (Wildman–Crippen LogP) is 3.84. The molecule has 0 radical (unpaired) electrons. The average Bonchev–Trinajstić information content (AvgIpc) is 2.15. The Bertz CT molecular complexity index is 271. The van der Waals surface area contributed by atoms with Gasteiger partial charge in [-0.1, -0.05) is 38.5 Å². The molecule has 15 heavy (non-hydrogen) atoms. The van der Waals surface area contributed by atoms with Crippen LogP contribution in [0.4, 0.5) is 0 Å². The van der Waals surface area contributed by atoms with Gasteiger partial charge in [-0.3, -0.25) is 0 Å². The van der Waals surface area contributed by atoms with E-state index in [0.717, 1.165) is 6.42 Å². The molecule has 1 nitrogen and oxygen atoms in total. The van der Waals surface area contributed by atoms with Crippen LogP contribution in [0.1, 0.15) is 53.4 Å². The minimum absolute atomic E-state index is 0.284. The SMILES string of the molecule is CC[C@@H](O)/C=C\C1=C(C)CCCC1(C)C. The fourth-order valence-corrected chi connectivity index (χ4v) is 2.35. The van der Waals surface area contributed by atoms with E-state index in [4.69, 9.17) is 0 Å². The van der Waals surface area contributed by atoms with Crippen LogP contribution in [0.25, 0.3) is 0 Å². The molecule has 1 N–H and O–H groups in total. The number of aliphatic hydroxyl groups is 1. The lowest BCUT2D eigenvalue weighted by Gasteiger charge is -2.33. The molecule has 0 aromatic carbocycles. The van der Waals surface area contributed by atoms with E-state index in [2.05, 4.69) is 26.8 Å². The van der Waals surface area contributed by atoms with Gasteiger partial charge in [0.05, 0.1) is 6.10 Å². The van der Waals surface area contributed by atoms with E-state index in [9.17, 15) is 5.11 Å². The summed E-state index contributed by atoms with van der Waals surface area (Å²) in [7, 11) is 0. The number of allylic oxidation sites excluding steroid dienone is 3. The highest BCUT2D eigenvalue weighted by molar-refractivity contribution is 5.32. The van der Waals surface area contributed by atoms with Gasteiger partial charge < -0.3 is 5.11 Å². The van der Waals surface area contributed by atoms with Crippen molar-refractivity contribution in [1.29, 1.82) is 0 Å². The maximum atomic E-state index is 9.54. The second-order valence-electron chi connectivity index (χ2n) is 5.27. The zero-order valence-corrected chi connectivity index (χ0v) is 10.5. The van der Waals surface area contributed by atoms with Gasteiger partial charge in [0.15, 0.2) is 0 Å². The van der Waals surface area contributed by atoms with Gasteiger partial charge in [0.25, 0.3) is 0 Å². The predicted molar refractivity (Wildman–Crippen MR) is 65.8 cm³/mol. The molecule has 1 aliphatic rings. The molecule has 0 heterocycles. The van der Waals surface area contributed by atoms with Gasteiger partial charge in [-0.05, 0) is 43.6 Å². The highest BCUT2D eigenvalue weighted by Crippen LogP contribution is 2.40. The second-order valence-corrected chi connectivity index (χ2v) is 5.27. The molecule has 0 spiro atoms. The van der Waals surface area contributed by atoms with E-state index in [1.165, 1.54) is 30.4 Å². The fourth-order valence-electron chi connectivity index (χ4n) is 2.35. The van der Waals surface area contributed by atoms with Crippen molar-refractivity contribution >= 4 is 0 Å². The molecule has 0 aliphatic heterocycles. The van der Waals surface area contributed by atoms with Gasteiger partial charge in [-0.2, -0.15) is 0 Å². The molecule has 1 aliphatic carbocycles. The van der Waals surface area contributed by atoms with Crippen molar-refractivity contribution in [2.24, 2.45) is 5.41 Å². The summed E-state index contributed by atoms with van der Waals surface area (Å²) in [6.45, 7) is 8.82. The number of aliphatic hydroxyl groups excluding tert-OH is 1. The summed E-state index contributed by atoms with van der Waals surface area (Å²) in [5, 5.41) is 9.54. The van der Waals surface area contributed by atoms with Crippen molar-refractivity contribution in [2.45, 2.75) is 59.5 Å². The Hall–Kier alpha value is -0.560. The molecule has 1 rings (SSSR count). The third-order valence-electron chi connectivity index (χ3n) is 3.45. The lowest BCUT2D eigenvalue weighted by Crippen LogP contribution is -2.19. The van der Waals surface area contributed by atoms with Gasteiger partial charge in [0, 0.05) is 0 Å². The maximum absolute atomic E-state index is 9.54. The first-order chi connectivity index (χ1) is 6.97. The summed E-state index contributed by atoms with van der Waals surface area (Å²) < 4.78 is 0.